The SMILES string of the molecule is O=C(O)CCC(=O)Cn1ccc2ccc(-c3ccc[nH]3)cc21. The second kappa shape index (κ2) is 5.89. The highest BCUT2D eigenvalue weighted by Crippen LogP contribution is 2.24. The third-order valence-corrected chi connectivity index (χ3v) is 3.65. The number of carbonyl (C=O) groups is 2. The first-order valence-electron chi connectivity index (χ1n) is 7.09. The van der Waals surface area contributed by atoms with Gasteiger partial charge in [-0.05, 0) is 29.7 Å². The lowest BCUT2D eigenvalue weighted by Gasteiger charge is -2.06. The zero-order chi connectivity index (χ0) is 15.5. The van der Waals surface area contributed by atoms with Gasteiger partial charge in [0.05, 0.1) is 13.0 Å². The molecular formula is C17H16N2O3. The van der Waals surface area contributed by atoms with E-state index in [0.717, 1.165) is 22.2 Å². The standard InChI is InChI=1S/C17H16N2O3/c20-14(5-6-17(21)22)11-19-9-7-12-3-4-13(10-16(12)19)15-2-1-8-18-15/h1-4,7-10,18H,5-6,11H2,(H,21,22). The van der Waals surface area contributed by atoms with Crippen molar-refractivity contribution >= 4 is 22.7 Å². The fourth-order valence-corrected chi connectivity index (χ4v) is 2.51. The average Bonchev–Trinajstić information content (AvgIpc) is 3.15. The second-order valence-corrected chi connectivity index (χ2v) is 5.23. The minimum absolute atomic E-state index is 0.0608. The summed E-state index contributed by atoms with van der Waals surface area (Å²) in [6.07, 6.45) is 3.67. The number of rotatable bonds is 6. The summed E-state index contributed by atoms with van der Waals surface area (Å²) in [5.74, 6) is -1.02. The van der Waals surface area contributed by atoms with Crippen LogP contribution in [0.4, 0.5) is 0 Å². The lowest BCUT2D eigenvalue weighted by molar-refractivity contribution is -0.138. The maximum absolute atomic E-state index is 11.9. The number of carboxylic acid groups (broad SMARTS) is 1. The van der Waals surface area contributed by atoms with E-state index in [-0.39, 0.29) is 25.2 Å². The fourth-order valence-electron chi connectivity index (χ4n) is 2.51. The Kier molecular flexibility index (Phi) is 3.78. The lowest BCUT2D eigenvalue weighted by Crippen LogP contribution is -2.10. The number of aliphatic carboxylic acids is 1. The van der Waals surface area contributed by atoms with Crippen molar-refractivity contribution < 1.29 is 14.7 Å². The molecule has 0 fully saturated rings. The topological polar surface area (TPSA) is 75.1 Å². The summed E-state index contributed by atoms with van der Waals surface area (Å²) >= 11 is 0. The van der Waals surface area contributed by atoms with Crippen molar-refractivity contribution in [1.82, 2.24) is 9.55 Å². The van der Waals surface area contributed by atoms with E-state index in [0.29, 0.717) is 0 Å². The van der Waals surface area contributed by atoms with Crippen LogP contribution in [0.25, 0.3) is 22.2 Å². The maximum atomic E-state index is 11.9. The molecule has 5 nitrogen and oxygen atoms in total. The highest BCUT2D eigenvalue weighted by atomic mass is 16.4. The average molecular weight is 296 g/mol. The minimum atomic E-state index is -0.945. The number of ketones is 1. The van der Waals surface area contributed by atoms with Gasteiger partial charge in [-0.2, -0.15) is 0 Å². The van der Waals surface area contributed by atoms with E-state index in [1.54, 1.807) is 0 Å². The van der Waals surface area contributed by atoms with Crippen LogP contribution in [0, 0.1) is 0 Å². The molecular weight excluding hydrogens is 280 g/mol. The Morgan fingerprint density at radius 1 is 1.14 bits per heavy atom. The Bertz CT molecular complexity index is 816. The first-order valence-corrected chi connectivity index (χ1v) is 7.09. The van der Waals surface area contributed by atoms with Gasteiger partial charge < -0.3 is 14.7 Å². The van der Waals surface area contributed by atoms with Gasteiger partial charge in [-0.15, -0.1) is 0 Å². The third kappa shape index (κ3) is 2.93. The van der Waals surface area contributed by atoms with Gasteiger partial charge in [0.15, 0.2) is 5.78 Å². The number of H-pyrrole nitrogens is 1. The van der Waals surface area contributed by atoms with E-state index in [1.165, 1.54) is 0 Å². The third-order valence-electron chi connectivity index (χ3n) is 3.65. The fraction of sp³-hybridized carbons (Fsp3) is 0.176. The van der Waals surface area contributed by atoms with Crippen LogP contribution in [0.15, 0.2) is 48.8 Å². The summed E-state index contributed by atoms with van der Waals surface area (Å²) in [6, 6.07) is 12.0. The molecule has 2 aromatic heterocycles. The number of hydrogen-bond acceptors (Lipinski definition) is 2. The number of Topliss-reactive ketones (excluding diaryl/α,β-unsaturated/α-hetero) is 1. The molecule has 0 bridgehead atoms. The van der Waals surface area contributed by atoms with Crippen LogP contribution >= 0.6 is 0 Å². The zero-order valence-corrected chi connectivity index (χ0v) is 12.0. The molecule has 2 N–H and O–H groups in total. The Hall–Kier alpha value is -2.82. The summed E-state index contributed by atoms with van der Waals surface area (Å²) < 4.78 is 1.87. The summed E-state index contributed by atoms with van der Waals surface area (Å²) in [6.45, 7) is 0.199. The number of hydrogen-bond donors (Lipinski definition) is 2. The molecule has 0 aliphatic carbocycles. The van der Waals surface area contributed by atoms with Crippen LogP contribution in [0.2, 0.25) is 0 Å². The maximum Gasteiger partial charge on any atom is 0.303 e. The molecule has 3 aromatic rings. The van der Waals surface area contributed by atoms with Gasteiger partial charge in [0.25, 0.3) is 0 Å². The normalized spacial score (nSPS) is 10.9. The summed E-state index contributed by atoms with van der Waals surface area (Å²) in [5.41, 5.74) is 3.04. The number of nitrogens with one attached hydrogen (secondary N) is 1. The molecule has 0 amide bonds. The molecule has 1 aromatic carbocycles. The molecule has 0 spiro atoms. The van der Waals surface area contributed by atoms with Crippen LogP contribution in [0.3, 0.4) is 0 Å². The molecule has 3 rings (SSSR count). The molecule has 0 unspecified atom stereocenters. The van der Waals surface area contributed by atoms with Gasteiger partial charge in [-0.3, -0.25) is 9.59 Å². The van der Waals surface area contributed by atoms with Crippen molar-refractivity contribution in [3.63, 3.8) is 0 Å². The number of carbonyl (C=O) groups excluding carboxylic acids is 1. The molecule has 5 heteroatoms. The number of aromatic amines is 1. The molecule has 0 radical (unpaired) electrons. The van der Waals surface area contributed by atoms with Crippen LogP contribution in [-0.2, 0) is 16.1 Å². The number of fused-ring (bicyclic) bond motifs is 1. The first-order chi connectivity index (χ1) is 10.6. The van der Waals surface area contributed by atoms with Crippen molar-refractivity contribution in [2.24, 2.45) is 0 Å². The second-order valence-electron chi connectivity index (χ2n) is 5.23. The lowest BCUT2D eigenvalue weighted by atomic mass is 10.1. The Balaban J connectivity index is 1.85. The van der Waals surface area contributed by atoms with Crippen LogP contribution in [0.1, 0.15) is 12.8 Å². The van der Waals surface area contributed by atoms with Crippen molar-refractivity contribution in [1.29, 1.82) is 0 Å². The molecule has 0 atom stereocenters. The summed E-state index contributed by atoms with van der Waals surface area (Å²) in [7, 11) is 0. The van der Waals surface area contributed by atoms with Crippen molar-refractivity contribution in [2.45, 2.75) is 19.4 Å². The Morgan fingerprint density at radius 3 is 2.73 bits per heavy atom. The predicted octanol–water partition coefficient (Wildman–Crippen LogP) is 3.07. The van der Waals surface area contributed by atoms with E-state index in [1.807, 2.05) is 53.4 Å². The summed E-state index contributed by atoms with van der Waals surface area (Å²) in [5, 5.41) is 9.70. The largest absolute Gasteiger partial charge is 0.481 e. The van der Waals surface area contributed by atoms with E-state index >= 15 is 0 Å². The highest BCUT2D eigenvalue weighted by molar-refractivity contribution is 5.88. The number of aromatic nitrogens is 2. The molecule has 112 valence electrons. The van der Waals surface area contributed by atoms with Gasteiger partial charge in [0, 0.05) is 35.6 Å². The van der Waals surface area contributed by atoms with Crippen LogP contribution in [0.5, 0.6) is 0 Å². The number of nitrogens with zero attached hydrogens (tertiary/aromatic N) is 1. The molecule has 22 heavy (non-hydrogen) atoms. The Labute approximate surface area is 127 Å². The van der Waals surface area contributed by atoms with E-state index < -0.39 is 5.97 Å². The van der Waals surface area contributed by atoms with E-state index in [4.69, 9.17) is 5.11 Å². The van der Waals surface area contributed by atoms with Gasteiger partial charge in [-0.25, -0.2) is 0 Å². The van der Waals surface area contributed by atoms with Gasteiger partial charge in [0.2, 0.25) is 0 Å². The smallest absolute Gasteiger partial charge is 0.303 e. The predicted molar refractivity (Wildman–Crippen MR) is 83.6 cm³/mol. The minimum Gasteiger partial charge on any atom is -0.481 e. The van der Waals surface area contributed by atoms with Gasteiger partial charge in [-0.1, -0.05) is 12.1 Å². The van der Waals surface area contributed by atoms with Gasteiger partial charge >= 0.3 is 5.97 Å². The molecule has 2 heterocycles. The number of benzene rings is 1. The molecule has 0 saturated carbocycles. The van der Waals surface area contributed by atoms with Crippen LogP contribution < -0.4 is 0 Å². The van der Waals surface area contributed by atoms with Crippen LogP contribution in [-0.4, -0.2) is 26.4 Å². The molecule has 0 aliphatic heterocycles. The quantitative estimate of drug-likeness (QED) is 0.734. The van der Waals surface area contributed by atoms with Crippen molar-refractivity contribution in [2.75, 3.05) is 0 Å². The van der Waals surface area contributed by atoms with Gasteiger partial charge in [0.1, 0.15) is 0 Å². The zero-order valence-electron chi connectivity index (χ0n) is 12.0. The monoisotopic (exact) mass is 296 g/mol. The van der Waals surface area contributed by atoms with Crippen molar-refractivity contribution in [3.8, 4) is 11.3 Å². The molecule has 0 aliphatic rings. The Morgan fingerprint density at radius 2 is 2.00 bits per heavy atom. The molecule has 0 saturated heterocycles. The number of carboxylic acids is 1. The first kappa shape index (κ1) is 14.1. The van der Waals surface area contributed by atoms with E-state index in [9.17, 15) is 9.59 Å². The highest BCUT2D eigenvalue weighted by Gasteiger charge is 2.09. The summed E-state index contributed by atoms with van der Waals surface area (Å²) in [4.78, 5) is 25.6. The van der Waals surface area contributed by atoms with Crippen molar-refractivity contribution in [3.05, 3.63) is 48.8 Å². The van der Waals surface area contributed by atoms with E-state index in [2.05, 4.69) is 4.98 Å².